The van der Waals surface area contributed by atoms with E-state index in [1.807, 2.05) is 7.05 Å². The molecule has 0 rings (SSSR count). The Labute approximate surface area is 84.5 Å². The van der Waals surface area contributed by atoms with E-state index in [2.05, 4.69) is 48.7 Å². The van der Waals surface area contributed by atoms with Crippen LogP contribution in [-0.2, 0) is 0 Å². The van der Waals surface area contributed by atoms with E-state index >= 15 is 0 Å². The molecule has 1 N–H and O–H groups in total. The van der Waals surface area contributed by atoms with Gasteiger partial charge >= 0.3 is 0 Å². The van der Waals surface area contributed by atoms with Crippen LogP contribution >= 0.6 is 22.6 Å². The van der Waals surface area contributed by atoms with Gasteiger partial charge < -0.3 is 5.32 Å². The van der Waals surface area contributed by atoms with Crippen LogP contribution in [0.4, 0.5) is 0 Å². The molecule has 0 aliphatic carbocycles. The second kappa shape index (κ2) is 6.23. The largest absolute Gasteiger partial charge is 0.319 e. The number of nitrogens with one attached hydrogen (secondary N) is 1. The highest BCUT2D eigenvalue weighted by molar-refractivity contribution is 14.1. The van der Waals surface area contributed by atoms with Crippen LogP contribution < -0.4 is 5.32 Å². The smallest absolute Gasteiger partial charge is 0.0150 e. The number of alkyl halides is 1. The standard InChI is InChI=1S/C9H20IN/c1-7(2)5-9(10)8(3)6-11-4/h7-9,11H,5-6H2,1-4H3/t8?,9-/m0/s1. The SMILES string of the molecule is CNCC(C)[C@@H](I)CC(C)C. The number of hydrogen-bond acceptors (Lipinski definition) is 1. The van der Waals surface area contributed by atoms with Crippen molar-refractivity contribution >= 4 is 22.6 Å². The highest BCUT2D eigenvalue weighted by Gasteiger charge is 2.13. The zero-order chi connectivity index (χ0) is 8.85. The Hall–Kier alpha value is 0.690. The molecule has 11 heavy (non-hydrogen) atoms. The summed E-state index contributed by atoms with van der Waals surface area (Å²) in [6, 6.07) is 0. The van der Waals surface area contributed by atoms with Gasteiger partial charge in [-0.1, -0.05) is 43.4 Å². The molecule has 0 radical (unpaired) electrons. The van der Waals surface area contributed by atoms with Crippen LogP contribution in [0, 0.1) is 11.8 Å². The Morgan fingerprint density at radius 3 is 2.18 bits per heavy atom. The van der Waals surface area contributed by atoms with Crippen LogP contribution in [0.15, 0.2) is 0 Å². The second-order valence-corrected chi connectivity index (χ2v) is 5.28. The monoisotopic (exact) mass is 269 g/mol. The van der Waals surface area contributed by atoms with Crippen LogP contribution in [0.3, 0.4) is 0 Å². The minimum atomic E-state index is 0.794. The lowest BCUT2D eigenvalue weighted by Crippen LogP contribution is -2.24. The summed E-state index contributed by atoms with van der Waals surface area (Å²) in [5, 5.41) is 3.22. The molecule has 1 unspecified atom stereocenters. The lowest BCUT2D eigenvalue weighted by atomic mass is 9.99. The Kier molecular flexibility index (Phi) is 6.62. The van der Waals surface area contributed by atoms with Gasteiger partial charge in [0.1, 0.15) is 0 Å². The fraction of sp³-hybridized carbons (Fsp3) is 1.00. The van der Waals surface area contributed by atoms with Crippen molar-refractivity contribution in [3.8, 4) is 0 Å². The van der Waals surface area contributed by atoms with E-state index in [0.717, 1.165) is 22.3 Å². The molecule has 1 nitrogen and oxygen atoms in total. The van der Waals surface area contributed by atoms with E-state index in [0.29, 0.717) is 0 Å². The summed E-state index contributed by atoms with van der Waals surface area (Å²) < 4.78 is 0.819. The van der Waals surface area contributed by atoms with E-state index < -0.39 is 0 Å². The summed E-state index contributed by atoms with van der Waals surface area (Å²) in [6.45, 7) is 8.03. The second-order valence-electron chi connectivity index (χ2n) is 3.68. The van der Waals surface area contributed by atoms with Gasteiger partial charge in [0.05, 0.1) is 0 Å². The van der Waals surface area contributed by atoms with Gasteiger partial charge in [0.2, 0.25) is 0 Å². The molecule has 0 amide bonds. The number of rotatable bonds is 5. The Morgan fingerprint density at radius 1 is 1.27 bits per heavy atom. The van der Waals surface area contributed by atoms with Crippen LogP contribution in [-0.4, -0.2) is 17.5 Å². The van der Waals surface area contributed by atoms with Crippen molar-refractivity contribution in [3.05, 3.63) is 0 Å². The normalized spacial score (nSPS) is 16.9. The first-order valence-electron chi connectivity index (χ1n) is 4.36. The summed E-state index contributed by atoms with van der Waals surface area (Å²) in [5.41, 5.74) is 0. The molecule has 0 spiro atoms. The summed E-state index contributed by atoms with van der Waals surface area (Å²) in [7, 11) is 2.02. The zero-order valence-corrected chi connectivity index (χ0v) is 10.2. The van der Waals surface area contributed by atoms with Gasteiger partial charge in [0.15, 0.2) is 0 Å². The molecule has 0 fully saturated rings. The summed E-state index contributed by atoms with van der Waals surface area (Å²) in [6.07, 6.45) is 1.34. The topological polar surface area (TPSA) is 12.0 Å². The maximum absolute atomic E-state index is 3.22. The van der Waals surface area contributed by atoms with Crippen molar-refractivity contribution in [1.82, 2.24) is 5.32 Å². The van der Waals surface area contributed by atoms with Gasteiger partial charge in [0, 0.05) is 3.92 Å². The quantitative estimate of drug-likeness (QED) is 0.597. The number of halogens is 1. The first-order chi connectivity index (χ1) is 5.07. The van der Waals surface area contributed by atoms with E-state index in [9.17, 15) is 0 Å². The van der Waals surface area contributed by atoms with Gasteiger partial charge in [0.25, 0.3) is 0 Å². The molecule has 0 aromatic rings. The van der Waals surface area contributed by atoms with Gasteiger partial charge in [-0.3, -0.25) is 0 Å². The average molecular weight is 269 g/mol. The third-order valence-electron chi connectivity index (χ3n) is 1.84. The molecule has 2 heteroatoms. The summed E-state index contributed by atoms with van der Waals surface area (Å²) in [4.78, 5) is 0. The third kappa shape index (κ3) is 5.91. The van der Waals surface area contributed by atoms with Crippen molar-refractivity contribution in [2.24, 2.45) is 11.8 Å². The molecular weight excluding hydrogens is 249 g/mol. The molecular formula is C9H20IN. The van der Waals surface area contributed by atoms with Crippen molar-refractivity contribution in [3.63, 3.8) is 0 Å². The zero-order valence-electron chi connectivity index (χ0n) is 8.02. The van der Waals surface area contributed by atoms with Gasteiger partial charge in [-0.25, -0.2) is 0 Å². The van der Waals surface area contributed by atoms with Crippen LogP contribution in [0.5, 0.6) is 0 Å². The summed E-state index contributed by atoms with van der Waals surface area (Å²) in [5.74, 6) is 1.62. The molecule has 0 aromatic carbocycles. The highest BCUT2D eigenvalue weighted by atomic mass is 127. The van der Waals surface area contributed by atoms with Crippen molar-refractivity contribution < 1.29 is 0 Å². The van der Waals surface area contributed by atoms with Crippen molar-refractivity contribution in [1.29, 1.82) is 0 Å². The molecule has 0 bridgehead atoms. The first-order valence-corrected chi connectivity index (χ1v) is 5.61. The molecule has 0 aliphatic heterocycles. The fourth-order valence-corrected chi connectivity index (χ4v) is 2.40. The highest BCUT2D eigenvalue weighted by Crippen LogP contribution is 2.20. The van der Waals surface area contributed by atoms with E-state index in [-0.39, 0.29) is 0 Å². The van der Waals surface area contributed by atoms with Crippen molar-refractivity contribution in [2.45, 2.75) is 31.1 Å². The van der Waals surface area contributed by atoms with Crippen molar-refractivity contribution in [2.75, 3.05) is 13.6 Å². The molecule has 0 saturated carbocycles. The lowest BCUT2D eigenvalue weighted by Gasteiger charge is -2.19. The van der Waals surface area contributed by atoms with Gasteiger partial charge in [-0.15, -0.1) is 0 Å². The number of hydrogen-bond donors (Lipinski definition) is 1. The van der Waals surface area contributed by atoms with E-state index in [1.54, 1.807) is 0 Å². The Morgan fingerprint density at radius 2 is 1.82 bits per heavy atom. The third-order valence-corrected chi connectivity index (χ3v) is 3.58. The van der Waals surface area contributed by atoms with Crippen LogP contribution in [0.1, 0.15) is 27.2 Å². The Balaban J connectivity index is 3.54. The van der Waals surface area contributed by atoms with E-state index in [1.165, 1.54) is 6.42 Å². The van der Waals surface area contributed by atoms with E-state index in [4.69, 9.17) is 0 Å². The predicted octanol–water partition coefficient (Wildman–Crippen LogP) is 2.69. The average Bonchev–Trinajstić information content (AvgIpc) is 1.86. The maximum Gasteiger partial charge on any atom is 0.0150 e. The minimum Gasteiger partial charge on any atom is -0.319 e. The predicted molar refractivity (Wildman–Crippen MR) is 60.4 cm³/mol. The molecule has 68 valence electrons. The fourth-order valence-electron chi connectivity index (χ4n) is 1.13. The minimum absolute atomic E-state index is 0.794. The molecule has 0 aliphatic rings. The van der Waals surface area contributed by atoms with Crippen LogP contribution in [0.25, 0.3) is 0 Å². The Bertz CT molecular complexity index is 93.6. The molecule has 0 aromatic heterocycles. The lowest BCUT2D eigenvalue weighted by molar-refractivity contribution is 0.463. The molecule has 2 atom stereocenters. The summed E-state index contributed by atoms with van der Waals surface area (Å²) >= 11 is 2.57. The molecule has 0 saturated heterocycles. The first kappa shape index (κ1) is 11.7. The van der Waals surface area contributed by atoms with Gasteiger partial charge in [-0.2, -0.15) is 0 Å². The molecule has 0 heterocycles. The van der Waals surface area contributed by atoms with Crippen LogP contribution in [0.2, 0.25) is 0 Å². The van der Waals surface area contributed by atoms with Gasteiger partial charge in [-0.05, 0) is 31.8 Å². The maximum atomic E-state index is 3.22.